The van der Waals surface area contributed by atoms with E-state index in [1.165, 1.54) is 19.3 Å². The molecule has 1 saturated carbocycles. The van der Waals surface area contributed by atoms with Crippen LogP contribution in [0.2, 0.25) is 0 Å². The van der Waals surface area contributed by atoms with Crippen LogP contribution in [-0.4, -0.2) is 11.9 Å². The van der Waals surface area contributed by atoms with Crippen LogP contribution in [0.5, 0.6) is 0 Å². The zero-order valence-corrected chi connectivity index (χ0v) is 12.2. The van der Waals surface area contributed by atoms with Crippen molar-refractivity contribution in [2.24, 2.45) is 0 Å². The summed E-state index contributed by atoms with van der Waals surface area (Å²) < 4.78 is 6.56. The molecular formula is C15H16BrNO2. The van der Waals surface area contributed by atoms with Gasteiger partial charge in [0.1, 0.15) is 5.58 Å². The van der Waals surface area contributed by atoms with Gasteiger partial charge in [-0.2, -0.15) is 0 Å². The number of nitrogens with one attached hydrogen (secondary N) is 1. The molecule has 0 aliphatic heterocycles. The van der Waals surface area contributed by atoms with E-state index in [2.05, 4.69) is 21.2 Å². The van der Waals surface area contributed by atoms with Gasteiger partial charge >= 0.3 is 0 Å². The third kappa shape index (κ3) is 2.84. The molecule has 0 spiro atoms. The number of furan rings is 1. The number of carbonyl (C=O) groups is 1. The molecule has 1 aromatic heterocycles. The largest absolute Gasteiger partial charge is 0.451 e. The first kappa shape index (κ1) is 12.7. The first-order chi connectivity index (χ1) is 9.22. The highest BCUT2D eigenvalue weighted by Gasteiger charge is 2.19. The molecule has 3 rings (SSSR count). The van der Waals surface area contributed by atoms with Crippen molar-refractivity contribution in [3.8, 4) is 0 Å². The molecule has 0 radical (unpaired) electrons. The van der Waals surface area contributed by atoms with Crippen LogP contribution >= 0.6 is 15.9 Å². The van der Waals surface area contributed by atoms with E-state index in [-0.39, 0.29) is 5.91 Å². The smallest absolute Gasteiger partial charge is 0.287 e. The minimum absolute atomic E-state index is 0.0979. The Kier molecular flexibility index (Phi) is 3.60. The molecule has 1 amide bonds. The van der Waals surface area contributed by atoms with E-state index in [1.54, 1.807) is 6.07 Å². The highest BCUT2D eigenvalue weighted by atomic mass is 79.9. The van der Waals surface area contributed by atoms with Gasteiger partial charge in [0.05, 0.1) is 0 Å². The van der Waals surface area contributed by atoms with Gasteiger partial charge in [-0.05, 0) is 37.1 Å². The maximum absolute atomic E-state index is 12.2. The predicted octanol–water partition coefficient (Wildman–Crippen LogP) is 4.26. The van der Waals surface area contributed by atoms with E-state index in [0.29, 0.717) is 11.8 Å². The van der Waals surface area contributed by atoms with Crippen molar-refractivity contribution in [3.63, 3.8) is 0 Å². The van der Waals surface area contributed by atoms with E-state index in [1.807, 2.05) is 18.2 Å². The molecular weight excluding hydrogens is 306 g/mol. The van der Waals surface area contributed by atoms with Crippen LogP contribution in [0.3, 0.4) is 0 Å². The number of rotatable bonds is 2. The number of hydrogen-bond donors (Lipinski definition) is 1. The Morgan fingerprint density at radius 3 is 2.79 bits per heavy atom. The number of carbonyl (C=O) groups excluding carboxylic acids is 1. The first-order valence-corrected chi connectivity index (χ1v) is 7.51. The maximum atomic E-state index is 12.2. The lowest BCUT2D eigenvalue weighted by molar-refractivity contribution is 0.0902. The standard InChI is InChI=1S/C15H16BrNO2/c16-11-7-6-10-8-14(19-13(10)9-11)15(18)17-12-4-2-1-3-5-12/h6-9,12H,1-5H2,(H,17,18). The van der Waals surface area contributed by atoms with Crippen LogP contribution in [0.1, 0.15) is 42.7 Å². The summed E-state index contributed by atoms with van der Waals surface area (Å²) in [6.07, 6.45) is 5.86. The molecule has 0 atom stereocenters. The molecule has 0 bridgehead atoms. The molecule has 2 aromatic rings. The summed E-state index contributed by atoms with van der Waals surface area (Å²) in [5, 5.41) is 4.02. The summed E-state index contributed by atoms with van der Waals surface area (Å²) in [6.45, 7) is 0. The van der Waals surface area contributed by atoms with E-state index in [0.717, 1.165) is 28.3 Å². The van der Waals surface area contributed by atoms with Crippen LogP contribution in [0.4, 0.5) is 0 Å². The Labute approximate surface area is 120 Å². The monoisotopic (exact) mass is 321 g/mol. The van der Waals surface area contributed by atoms with Gasteiger partial charge in [-0.15, -0.1) is 0 Å². The van der Waals surface area contributed by atoms with Crippen LogP contribution in [0.25, 0.3) is 11.0 Å². The van der Waals surface area contributed by atoms with Crippen molar-refractivity contribution in [3.05, 3.63) is 34.5 Å². The van der Waals surface area contributed by atoms with E-state index in [4.69, 9.17) is 4.42 Å². The van der Waals surface area contributed by atoms with E-state index < -0.39 is 0 Å². The van der Waals surface area contributed by atoms with Gasteiger partial charge in [-0.3, -0.25) is 4.79 Å². The third-order valence-corrected chi connectivity index (χ3v) is 4.14. The SMILES string of the molecule is O=C(NC1CCCCC1)c1cc2ccc(Br)cc2o1. The Morgan fingerprint density at radius 1 is 1.21 bits per heavy atom. The molecule has 1 fully saturated rings. The van der Waals surface area contributed by atoms with E-state index in [9.17, 15) is 4.79 Å². The fourth-order valence-corrected chi connectivity index (χ4v) is 2.96. The molecule has 1 heterocycles. The molecule has 1 aliphatic carbocycles. The average molecular weight is 322 g/mol. The fraction of sp³-hybridized carbons (Fsp3) is 0.400. The van der Waals surface area contributed by atoms with Crippen molar-refractivity contribution in [2.45, 2.75) is 38.1 Å². The Morgan fingerprint density at radius 2 is 2.00 bits per heavy atom. The highest BCUT2D eigenvalue weighted by Crippen LogP contribution is 2.24. The van der Waals surface area contributed by atoms with Crippen LogP contribution in [-0.2, 0) is 0 Å². The second-order valence-electron chi connectivity index (χ2n) is 5.10. The zero-order chi connectivity index (χ0) is 13.2. The van der Waals surface area contributed by atoms with Gasteiger partial charge in [-0.1, -0.05) is 35.2 Å². The lowest BCUT2D eigenvalue weighted by Gasteiger charge is -2.22. The summed E-state index contributed by atoms with van der Waals surface area (Å²) in [5.41, 5.74) is 0.739. The second-order valence-corrected chi connectivity index (χ2v) is 6.02. The summed E-state index contributed by atoms with van der Waals surface area (Å²) in [5.74, 6) is 0.304. The molecule has 1 aromatic carbocycles. The lowest BCUT2D eigenvalue weighted by Crippen LogP contribution is -2.35. The number of benzene rings is 1. The minimum atomic E-state index is -0.0979. The summed E-state index contributed by atoms with van der Waals surface area (Å²) >= 11 is 3.40. The lowest BCUT2D eigenvalue weighted by atomic mass is 9.95. The van der Waals surface area contributed by atoms with Gasteiger partial charge in [0, 0.05) is 15.9 Å². The second kappa shape index (κ2) is 5.37. The third-order valence-electron chi connectivity index (χ3n) is 3.65. The summed E-state index contributed by atoms with van der Waals surface area (Å²) in [7, 11) is 0. The van der Waals surface area contributed by atoms with Gasteiger partial charge < -0.3 is 9.73 Å². The quantitative estimate of drug-likeness (QED) is 0.898. The van der Waals surface area contributed by atoms with Crippen LogP contribution in [0, 0.1) is 0 Å². The van der Waals surface area contributed by atoms with Crippen LogP contribution < -0.4 is 5.32 Å². The van der Waals surface area contributed by atoms with Crippen molar-refractivity contribution in [1.82, 2.24) is 5.32 Å². The van der Waals surface area contributed by atoms with Crippen molar-refractivity contribution < 1.29 is 9.21 Å². The minimum Gasteiger partial charge on any atom is -0.451 e. The van der Waals surface area contributed by atoms with Crippen LogP contribution in [0.15, 0.2) is 33.2 Å². The molecule has 100 valence electrons. The van der Waals surface area contributed by atoms with Crippen molar-refractivity contribution in [1.29, 1.82) is 0 Å². The highest BCUT2D eigenvalue weighted by molar-refractivity contribution is 9.10. The van der Waals surface area contributed by atoms with Crippen molar-refractivity contribution in [2.75, 3.05) is 0 Å². The first-order valence-electron chi connectivity index (χ1n) is 6.72. The Hall–Kier alpha value is -1.29. The molecule has 3 nitrogen and oxygen atoms in total. The predicted molar refractivity (Wildman–Crippen MR) is 78.3 cm³/mol. The summed E-state index contributed by atoms with van der Waals surface area (Å²) in [6, 6.07) is 7.88. The summed E-state index contributed by atoms with van der Waals surface area (Å²) in [4.78, 5) is 12.2. The average Bonchev–Trinajstić information content (AvgIpc) is 2.83. The van der Waals surface area contributed by atoms with Crippen molar-refractivity contribution >= 4 is 32.8 Å². The van der Waals surface area contributed by atoms with Gasteiger partial charge in [0.25, 0.3) is 5.91 Å². The zero-order valence-electron chi connectivity index (χ0n) is 10.6. The topological polar surface area (TPSA) is 42.2 Å². The molecule has 0 saturated heterocycles. The normalized spacial score (nSPS) is 16.7. The fourth-order valence-electron chi connectivity index (χ4n) is 2.62. The molecule has 0 unspecified atom stereocenters. The number of amides is 1. The molecule has 19 heavy (non-hydrogen) atoms. The number of hydrogen-bond acceptors (Lipinski definition) is 2. The Balaban J connectivity index is 1.77. The van der Waals surface area contributed by atoms with Gasteiger partial charge in [0.15, 0.2) is 5.76 Å². The molecule has 1 aliphatic rings. The number of fused-ring (bicyclic) bond motifs is 1. The van der Waals surface area contributed by atoms with Gasteiger partial charge in [0.2, 0.25) is 0 Å². The number of halogens is 1. The van der Waals surface area contributed by atoms with Gasteiger partial charge in [-0.25, -0.2) is 0 Å². The van der Waals surface area contributed by atoms with E-state index >= 15 is 0 Å². The maximum Gasteiger partial charge on any atom is 0.287 e. The molecule has 1 N–H and O–H groups in total. The molecule has 4 heteroatoms. The Bertz CT molecular complexity index is 599.